The minimum atomic E-state index is 0.185. The molecule has 0 unspecified atom stereocenters. The minimum Gasteiger partial charge on any atom is -0.338 e. The molecule has 0 bridgehead atoms. The summed E-state index contributed by atoms with van der Waals surface area (Å²) in [5, 5.41) is 0. The molecule has 4 nitrogen and oxygen atoms in total. The van der Waals surface area contributed by atoms with Crippen molar-refractivity contribution < 1.29 is 4.79 Å². The quantitative estimate of drug-likeness (QED) is 0.604. The second-order valence-corrected chi connectivity index (χ2v) is 9.77. The summed E-state index contributed by atoms with van der Waals surface area (Å²) in [6.45, 7) is 7.32. The maximum atomic E-state index is 13.5. The van der Waals surface area contributed by atoms with Gasteiger partial charge in [0, 0.05) is 25.2 Å². The number of likely N-dealkylation sites (tertiary alicyclic amines) is 2. The van der Waals surface area contributed by atoms with Crippen LogP contribution >= 0.6 is 0 Å². The molecule has 0 radical (unpaired) electrons. The minimum absolute atomic E-state index is 0.185. The zero-order valence-electron chi connectivity index (χ0n) is 19.7. The van der Waals surface area contributed by atoms with Gasteiger partial charge in [0.25, 0.3) is 5.91 Å². The van der Waals surface area contributed by atoms with Crippen molar-refractivity contribution in [2.45, 2.75) is 45.1 Å². The van der Waals surface area contributed by atoms with Gasteiger partial charge in [0.05, 0.1) is 0 Å². The fourth-order valence-electron chi connectivity index (χ4n) is 5.05. The van der Waals surface area contributed by atoms with E-state index in [1.165, 1.54) is 56.3 Å². The molecule has 0 aromatic heterocycles. The number of hydrogen-bond donors (Lipinski definition) is 0. The van der Waals surface area contributed by atoms with Gasteiger partial charge >= 0.3 is 0 Å². The zero-order chi connectivity index (χ0) is 22.2. The number of carbonyl (C=O) groups is 1. The first kappa shape index (κ1) is 23.0. The van der Waals surface area contributed by atoms with Crippen LogP contribution in [0, 0.1) is 5.92 Å². The summed E-state index contributed by atoms with van der Waals surface area (Å²) in [7, 11) is 2.19. The van der Waals surface area contributed by atoms with Gasteiger partial charge in [-0.05, 0) is 94.5 Å². The van der Waals surface area contributed by atoms with Gasteiger partial charge in [0.2, 0.25) is 0 Å². The number of carbonyl (C=O) groups excluding carboxylic acids is 1. The van der Waals surface area contributed by atoms with Crippen molar-refractivity contribution in [1.29, 1.82) is 0 Å². The lowest BCUT2D eigenvalue weighted by atomic mass is 9.96. The van der Waals surface area contributed by atoms with E-state index in [9.17, 15) is 4.79 Å². The van der Waals surface area contributed by atoms with Crippen LogP contribution < -0.4 is 0 Å². The van der Waals surface area contributed by atoms with Crippen molar-refractivity contribution in [3.05, 3.63) is 71.3 Å². The first-order valence-electron chi connectivity index (χ1n) is 12.5. The third-order valence-electron chi connectivity index (χ3n) is 7.17. The van der Waals surface area contributed by atoms with E-state index in [2.05, 4.69) is 64.2 Å². The molecule has 32 heavy (non-hydrogen) atoms. The standard InChI is InChI=1S/C28H39N3O/c1-29-19-14-26(15-20-29)23-31(21-16-24-8-4-2-5-9-24)28(32)27-12-10-25(11-13-27)22-30-17-6-3-7-18-30/h2,4-5,8-13,26H,3,6-7,14-23H2,1H3. The Bertz CT molecular complexity index is 822. The summed E-state index contributed by atoms with van der Waals surface area (Å²) < 4.78 is 0. The van der Waals surface area contributed by atoms with Gasteiger partial charge in [-0.3, -0.25) is 9.69 Å². The first-order valence-corrected chi connectivity index (χ1v) is 12.5. The van der Waals surface area contributed by atoms with E-state index in [0.717, 1.165) is 44.7 Å². The molecular formula is C28H39N3O. The molecule has 172 valence electrons. The molecule has 0 aliphatic carbocycles. The molecule has 4 heteroatoms. The molecule has 2 saturated heterocycles. The summed E-state index contributed by atoms with van der Waals surface area (Å²) in [6, 6.07) is 19.0. The summed E-state index contributed by atoms with van der Waals surface area (Å²) >= 11 is 0. The van der Waals surface area contributed by atoms with Crippen LogP contribution in [0.4, 0.5) is 0 Å². The average Bonchev–Trinajstić information content (AvgIpc) is 2.84. The van der Waals surface area contributed by atoms with E-state index in [-0.39, 0.29) is 5.91 Å². The summed E-state index contributed by atoms with van der Waals surface area (Å²) in [5.41, 5.74) is 3.44. The molecular weight excluding hydrogens is 394 g/mol. The number of rotatable bonds is 8. The highest BCUT2D eigenvalue weighted by molar-refractivity contribution is 5.94. The monoisotopic (exact) mass is 433 g/mol. The lowest BCUT2D eigenvalue weighted by Crippen LogP contribution is -2.40. The van der Waals surface area contributed by atoms with Crippen molar-refractivity contribution in [3.63, 3.8) is 0 Å². The van der Waals surface area contributed by atoms with Crippen LogP contribution in [-0.2, 0) is 13.0 Å². The smallest absolute Gasteiger partial charge is 0.253 e. The third-order valence-corrected chi connectivity index (χ3v) is 7.17. The second kappa shape index (κ2) is 11.6. The van der Waals surface area contributed by atoms with Crippen molar-refractivity contribution >= 4 is 5.91 Å². The number of benzene rings is 2. The summed E-state index contributed by atoms with van der Waals surface area (Å²) in [5.74, 6) is 0.786. The molecule has 0 atom stereocenters. The van der Waals surface area contributed by atoms with Crippen LogP contribution in [0.5, 0.6) is 0 Å². The molecule has 4 rings (SSSR count). The highest BCUT2D eigenvalue weighted by Gasteiger charge is 2.23. The first-order chi connectivity index (χ1) is 15.7. The Labute approximate surface area is 194 Å². The third kappa shape index (κ3) is 6.66. The van der Waals surface area contributed by atoms with E-state index in [4.69, 9.17) is 0 Å². The van der Waals surface area contributed by atoms with Crippen molar-refractivity contribution in [2.24, 2.45) is 5.92 Å². The van der Waals surface area contributed by atoms with E-state index >= 15 is 0 Å². The maximum Gasteiger partial charge on any atom is 0.253 e. The molecule has 2 fully saturated rings. The Morgan fingerprint density at radius 2 is 1.56 bits per heavy atom. The zero-order valence-corrected chi connectivity index (χ0v) is 19.7. The van der Waals surface area contributed by atoms with Gasteiger partial charge in [-0.1, -0.05) is 48.9 Å². The summed E-state index contributed by atoms with van der Waals surface area (Å²) in [4.78, 5) is 20.6. The molecule has 2 aromatic rings. The van der Waals surface area contributed by atoms with Crippen molar-refractivity contribution in [1.82, 2.24) is 14.7 Å². The molecule has 0 N–H and O–H groups in total. The predicted octanol–water partition coefficient (Wildman–Crippen LogP) is 4.70. The van der Waals surface area contributed by atoms with Gasteiger partial charge in [0.1, 0.15) is 0 Å². The lowest BCUT2D eigenvalue weighted by molar-refractivity contribution is 0.0700. The molecule has 2 aliphatic rings. The molecule has 0 saturated carbocycles. The molecule has 2 heterocycles. The van der Waals surface area contributed by atoms with Gasteiger partial charge < -0.3 is 9.80 Å². The van der Waals surface area contributed by atoms with E-state index < -0.39 is 0 Å². The Morgan fingerprint density at radius 1 is 0.875 bits per heavy atom. The normalized spacial score (nSPS) is 18.5. The predicted molar refractivity (Wildman–Crippen MR) is 132 cm³/mol. The van der Waals surface area contributed by atoms with Gasteiger partial charge in [0.15, 0.2) is 0 Å². The second-order valence-electron chi connectivity index (χ2n) is 9.77. The average molecular weight is 434 g/mol. The van der Waals surface area contributed by atoms with Gasteiger partial charge in [-0.15, -0.1) is 0 Å². The van der Waals surface area contributed by atoms with Gasteiger partial charge in [-0.2, -0.15) is 0 Å². The number of piperidine rings is 2. The highest BCUT2D eigenvalue weighted by Crippen LogP contribution is 2.20. The van der Waals surface area contributed by atoms with E-state index in [0.29, 0.717) is 5.92 Å². The fraction of sp³-hybridized carbons (Fsp3) is 0.536. The van der Waals surface area contributed by atoms with Crippen LogP contribution in [0.2, 0.25) is 0 Å². The SMILES string of the molecule is CN1CCC(CN(CCc2ccccc2)C(=O)c2ccc(CN3CCCCC3)cc2)CC1. The van der Waals surface area contributed by atoms with Crippen molar-refractivity contribution in [3.8, 4) is 0 Å². The van der Waals surface area contributed by atoms with Gasteiger partial charge in [-0.25, -0.2) is 0 Å². The number of amides is 1. The Morgan fingerprint density at radius 3 is 2.25 bits per heavy atom. The fourth-order valence-corrected chi connectivity index (χ4v) is 5.05. The van der Waals surface area contributed by atoms with E-state index in [1.54, 1.807) is 0 Å². The van der Waals surface area contributed by atoms with Crippen LogP contribution in [-0.4, -0.2) is 66.9 Å². The maximum absolute atomic E-state index is 13.5. The number of nitrogens with zero attached hydrogens (tertiary/aromatic N) is 3. The summed E-state index contributed by atoms with van der Waals surface area (Å²) in [6.07, 6.45) is 7.25. The van der Waals surface area contributed by atoms with Crippen LogP contribution in [0.3, 0.4) is 0 Å². The van der Waals surface area contributed by atoms with Crippen LogP contribution in [0.25, 0.3) is 0 Å². The molecule has 0 spiro atoms. The lowest BCUT2D eigenvalue weighted by Gasteiger charge is -2.33. The Hall–Kier alpha value is -2.17. The Balaban J connectivity index is 1.40. The van der Waals surface area contributed by atoms with Crippen LogP contribution in [0.1, 0.15) is 53.6 Å². The topological polar surface area (TPSA) is 26.8 Å². The molecule has 2 aromatic carbocycles. The van der Waals surface area contributed by atoms with Crippen molar-refractivity contribution in [2.75, 3.05) is 46.3 Å². The molecule has 1 amide bonds. The molecule has 2 aliphatic heterocycles. The van der Waals surface area contributed by atoms with E-state index in [1.807, 2.05) is 12.1 Å². The highest BCUT2D eigenvalue weighted by atomic mass is 16.2. The van der Waals surface area contributed by atoms with Crippen LogP contribution in [0.15, 0.2) is 54.6 Å². The number of hydrogen-bond acceptors (Lipinski definition) is 3. The largest absolute Gasteiger partial charge is 0.338 e. The Kier molecular flexibility index (Phi) is 8.36.